The first-order valence-electron chi connectivity index (χ1n) is 11.4. The largest absolute Gasteiger partial charge is 0.417 e. The summed E-state index contributed by atoms with van der Waals surface area (Å²) >= 11 is 0. The average molecular weight is 576 g/mol. The van der Waals surface area contributed by atoms with E-state index in [1.165, 1.54) is 11.6 Å². The zero-order chi connectivity index (χ0) is 28.0. The number of benzene rings is 1. The first-order valence-corrected chi connectivity index (χ1v) is 14.4. The molecule has 0 amide bonds. The van der Waals surface area contributed by atoms with Crippen molar-refractivity contribution in [3.05, 3.63) is 35.5 Å². The summed E-state index contributed by atoms with van der Waals surface area (Å²) in [5.41, 5.74) is -1.57. The number of primary sulfonamides is 1. The van der Waals surface area contributed by atoms with E-state index in [4.69, 9.17) is 5.14 Å². The first kappa shape index (κ1) is 29.5. The zero-order valence-electron chi connectivity index (χ0n) is 19.9. The predicted octanol–water partition coefficient (Wildman–Crippen LogP) is 4.94. The quantitative estimate of drug-likeness (QED) is 0.456. The summed E-state index contributed by atoms with van der Waals surface area (Å²) in [7, 11) is -9.46. The number of aromatic nitrogens is 1. The van der Waals surface area contributed by atoms with Gasteiger partial charge in [-0.15, -0.1) is 0 Å². The van der Waals surface area contributed by atoms with E-state index in [1.807, 2.05) is 0 Å². The highest BCUT2D eigenvalue weighted by Crippen LogP contribution is 2.39. The molecule has 1 aromatic heterocycles. The van der Waals surface area contributed by atoms with E-state index >= 15 is 0 Å². The van der Waals surface area contributed by atoms with E-state index in [0.717, 1.165) is 44.2 Å². The highest BCUT2D eigenvalue weighted by molar-refractivity contribution is 7.89. The van der Waals surface area contributed by atoms with Crippen LogP contribution in [0.2, 0.25) is 0 Å². The third-order valence-corrected chi connectivity index (χ3v) is 9.11. The number of nitrogens with two attached hydrogens (primary N) is 1. The molecule has 3 rings (SSSR count). The van der Waals surface area contributed by atoms with Crippen LogP contribution in [0.15, 0.2) is 34.1 Å². The third-order valence-electron chi connectivity index (χ3n) is 6.49. The van der Waals surface area contributed by atoms with Crippen molar-refractivity contribution in [1.82, 2.24) is 9.29 Å². The van der Waals surface area contributed by atoms with Crippen molar-refractivity contribution in [3.8, 4) is 11.3 Å². The monoisotopic (exact) mass is 575 g/mol. The van der Waals surface area contributed by atoms with Gasteiger partial charge in [-0.2, -0.15) is 31.1 Å². The Morgan fingerprint density at radius 1 is 1.00 bits per heavy atom. The summed E-state index contributed by atoms with van der Waals surface area (Å²) < 4.78 is 133. The number of rotatable bonds is 7. The summed E-state index contributed by atoms with van der Waals surface area (Å²) in [5, 5.41) is 5.31. The second kappa shape index (κ2) is 10.2. The predicted molar refractivity (Wildman–Crippen MR) is 123 cm³/mol. The molecular formula is C22H27F6N3O4S2. The molecule has 3 N–H and O–H groups in total. The number of nitrogens with zero attached hydrogens (tertiary/aromatic N) is 1. The standard InChI is InChI=1S/C22H27F6N3O4S2/c1-13-20(36(29,32)33)11-18(31(13)12-15-6-4-3-5-7-15)16-8-9-19(17(10-16)22(26,27)28)37(34,35)30-14(2)21(23,24)25/h8-11,14-15,30H,3-7,12H2,1-2H3,(H2,29,32,33)/t14-/m0/s1. The van der Waals surface area contributed by atoms with Crippen LogP contribution in [0.1, 0.15) is 50.3 Å². The van der Waals surface area contributed by atoms with Gasteiger partial charge in [0.15, 0.2) is 0 Å². The van der Waals surface area contributed by atoms with Gasteiger partial charge in [0.2, 0.25) is 20.0 Å². The fraction of sp³-hybridized carbons (Fsp3) is 0.545. The van der Waals surface area contributed by atoms with E-state index in [2.05, 4.69) is 0 Å². The Bertz CT molecular complexity index is 1360. The van der Waals surface area contributed by atoms with Crippen molar-refractivity contribution in [2.45, 2.75) is 80.7 Å². The third kappa shape index (κ3) is 6.67. The maximum Gasteiger partial charge on any atom is 0.417 e. The summed E-state index contributed by atoms with van der Waals surface area (Å²) in [4.78, 5) is -1.67. The van der Waals surface area contributed by atoms with Gasteiger partial charge in [0.25, 0.3) is 0 Å². The maximum absolute atomic E-state index is 14.0. The molecule has 0 spiro atoms. The van der Waals surface area contributed by atoms with Crippen molar-refractivity contribution < 1.29 is 43.2 Å². The molecule has 2 aromatic rings. The molecule has 37 heavy (non-hydrogen) atoms. The van der Waals surface area contributed by atoms with Gasteiger partial charge in [-0.25, -0.2) is 22.0 Å². The van der Waals surface area contributed by atoms with Crippen LogP contribution in [-0.2, 0) is 32.8 Å². The van der Waals surface area contributed by atoms with Gasteiger partial charge in [0, 0.05) is 17.9 Å². The number of hydrogen-bond acceptors (Lipinski definition) is 4. The highest BCUT2D eigenvalue weighted by atomic mass is 32.2. The number of alkyl halides is 6. The average Bonchev–Trinajstić information content (AvgIpc) is 3.09. The maximum atomic E-state index is 14.0. The van der Waals surface area contributed by atoms with Crippen molar-refractivity contribution >= 4 is 20.0 Å². The van der Waals surface area contributed by atoms with Crippen LogP contribution >= 0.6 is 0 Å². The van der Waals surface area contributed by atoms with Crippen molar-refractivity contribution in [2.24, 2.45) is 11.1 Å². The number of hydrogen-bond donors (Lipinski definition) is 2. The van der Waals surface area contributed by atoms with Gasteiger partial charge < -0.3 is 4.57 Å². The van der Waals surface area contributed by atoms with Gasteiger partial charge in [0.1, 0.15) is 10.9 Å². The molecule has 7 nitrogen and oxygen atoms in total. The second-order valence-corrected chi connectivity index (χ2v) is 12.4. The molecule has 1 saturated carbocycles. The van der Waals surface area contributed by atoms with E-state index in [-0.39, 0.29) is 27.8 Å². The van der Waals surface area contributed by atoms with E-state index in [9.17, 15) is 43.2 Å². The van der Waals surface area contributed by atoms with Crippen molar-refractivity contribution in [2.75, 3.05) is 0 Å². The van der Waals surface area contributed by atoms with Crippen LogP contribution in [-0.4, -0.2) is 33.6 Å². The molecule has 1 heterocycles. The second-order valence-electron chi connectivity index (χ2n) is 9.23. The van der Waals surface area contributed by atoms with E-state index < -0.39 is 48.9 Å². The molecule has 0 radical (unpaired) electrons. The smallest absolute Gasteiger partial charge is 0.343 e. The number of halogens is 6. The summed E-state index contributed by atoms with van der Waals surface area (Å²) in [5.74, 6) is 0.140. The number of nitrogens with one attached hydrogen (secondary N) is 1. The Labute approximate surface area is 211 Å². The Balaban J connectivity index is 2.17. The molecule has 15 heteroatoms. The Hall–Kier alpha value is -2.10. The minimum absolute atomic E-state index is 0.0677. The van der Waals surface area contributed by atoms with E-state index in [1.54, 1.807) is 4.57 Å². The lowest BCUT2D eigenvalue weighted by atomic mass is 9.89. The molecule has 0 aliphatic heterocycles. The van der Waals surface area contributed by atoms with Gasteiger partial charge >= 0.3 is 12.4 Å². The van der Waals surface area contributed by atoms with E-state index in [0.29, 0.717) is 25.6 Å². The lowest BCUT2D eigenvalue weighted by Crippen LogP contribution is -2.43. The summed E-state index contributed by atoms with van der Waals surface area (Å²) in [6.07, 6.45) is -5.63. The Kier molecular flexibility index (Phi) is 8.14. The van der Waals surface area contributed by atoms with Crippen LogP contribution in [0.5, 0.6) is 0 Å². The van der Waals surface area contributed by atoms with Crippen molar-refractivity contribution in [1.29, 1.82) is 0 Å². The van der Waals surface area contributed by atoms with Gasteiger partial charge in [-0.05, 0) is 56.4 Å². The van der Waals surface area contributed by atoms with Gasteiger partial charge in [-0.1, -0.05) is 25.3 Å². The van der Waals surface area contributed by atoms with Crippen molar-refractivity contribution in [3.63, 3.8) is 0 Å². The SMILES string of the molecule is Cc1c(S(N)(=O)=O)cc(-c2ccc(S(=O)(=O)N[C@@H](C)C(F)(F)F)c(C(F)(F)F)c2)n1CC1CCCCC1. The molecule has 0 unspecified atom stereocenters. The molecule has 1 aliphatic rings. The molecule has 1 aromatic carbocycles. The van der Waals surface area contributed by atoms with Crippen LogP contribution in [0.25, 0.3) is 11.3 Å². The lowest BCUT2D eigenvalue weighted by Gasteiger charge is -2.24. The molecular weight excluding hydrogens is 548 g/mol. The minimum Gasteiger partial charge on any atom is -0.343 e. The molecule has 1 aliphatic carbocycles. The minimum atomic E-state index is -5.25. The Morgan fingerprint density at radius 2 is 1.59 bits per heavy atom. The molecule has 0 bridgehead atoms. The molecule has 1 atom stereocenters. The zero-order valence-corrected chi connectivity index (χ0v) is 21.6. The highest BCUT2D eigenvalue weighted by Gasteiger charge is 2.42. The summed E-state index contributed by atoms with van der Waals surface area (Å²) in [6, 6.07) is 0.549. The molecule has 0 saturated heterocycles. The topological polar surface area (TPSA) is 111 Å². The van der Waals surface area contributed by atoms with Crippen LogP contribution in [0.3, 0.4) is 0 Å². The fourth-order valence-corrected chi connectivity index (χ4v) is 6.75. The van der Waals surface area contributed by atoms with Crippen LogP contribution < -0.4 is 9.86 Å². The summed E-state index contributed by atoms with van der Waals surface area (Å²) in [6.45, 7) is 2.25. The molecule has 1 fully saturated rings. The van der Waals surface area contributed by atoms with Gasteiger partial charge in [0.05, 0.1) is 10.5 Å². The first-order chi connectivity index (χ1) is 16.8. The normalized spacial score (nSPS) is 17.2. The van der Waals surface area contributed by atoms with Crippen LogP contribution in [0, 0.1) is 12.8 Å². The molecule has 208 valence electrons. The van der Waals surface area contributed by atoms with Crippen LogP contribution in [0.4, 0.5) is 26.3 Å². The Morgan fingerprint density at radius 3 is 2.11 bits per heavy atom. The van der Waals surface area contributed by atoms with Gasteiger partial charge in [-0.3, -0.25) is 0 Å². The lowest BCUT2D eigenvalue weighted by molar-refractivity contribution is -0.147. The number of sulfonamides is 2. The fourth-order valence-electron chi connectivity index (χ4n) is 4.52.